The van der Waals surface area contributed by atoms with Crippen molar-refractivity contribution in [2.75, 3.05) is 6.61 Å². The van der Waals surface area contributed by atoms with Gasteiger partial charge >= 0.3 is 0 Å². The predicted molar refractivity (Wildman–Crippen MR) is 71.0 cm³/mol. The third-order valence-corrected chi connectivity index (χ3v) is 3.50. The lowest BCUT2D eigenvalue weighted by Gasteiger charge is -2.40. The van der Waals surface area contributed by atoms with Crippen molar-refractivity contribution in [3.63, 3.8) is 0 Å². The molecule has 3 atom stereocenters. The Morgan fingerprint density at radius 1 is 1.28 bits per heavy atom. The fraction of sp³-hybridized carbons (Fsp3) is 0.600. The van der Waals surface area contributed by atoms with E-state index in [2.05, 4.69) is 26.8 Å². The summed E-state index contributed by atoms with van der Waals surface area (Å²) < 4.78 is 11.5. The van der Waals surface area contributed by atoms with Crippen LogP contribution in [0.2, 0.25) is 0 Å². The van der Waals surface area contributed by atoms with E-state index in [0.717, 1.165) is 12.2 Å². The van der Waals surface area contributed by atoms with Gasteiger partial charge in [-0.15, -0.1) is 0 Å². The molecule has 0 bridgehead atoms. The number of aliphatic hydroxyl groups excluding tert-OH is 1. The van der Waals surface area contributed by atoms with Gasteiger partial charge in [0.05, 0.1) is 6.10 Å². The Labute approximate surface area is 109 Å². The van der Waals surface area contributed by atoms with Crippen molar-refractivity contribution in [2.24, 2.45) is 0 Å². The maximum atomic E-state index is 9.68. The third kappa shape index (κ3) is 2.85. The van der Waals surface area contributed by atoms with Crippen LogP contribution in [0.25, 0.3) is 0 Å². The van der Waals surface area contributed by atoms with Crippen LogP contribution in [-0.2, 0) is 4.74 Å². The topological polar surface area (TPSA) is 38.7 Å². The molecule has 3 unspecified atom stereocenters. The molecule has 1 N–H and O–H groups in total. The van der Waals surface area contributed by atoms with Crippen molar-refractivity contribution in [3.8, 4) is 5.75 Å². The molecular weight excluding hydrogens is 228 g/mol. The molecule has 0 radical (unpaired) electrons. The van der Waals surface area contributed by atoms with E-state index >= 15 is 0 Å². The lowest BCUT2D eigenvalue weighted by molar-refractivity contribution is -0.162. The number of aliphatic hydroxyl groups is 1. The summed E-state index contributed by atoms with van der Waals surface area (Å²) in [5, 5.41) is 9.68. The van der Waals surface area contributed by atoms with Gasteiger partial charge in [0, 0.05) is 13.0 Å². The van der Waals surface area contributed by atoms with Crippen molar-refractivity contribution in [3.05, 3.63) is 29.3 Å². The lowest BCUT2D eigenvalue weighted by Crippen LogP contribution is -2.55. The zero-order chi connectivity index (χ0) is 13.1. The van der Waals surface area contributed by atoms with E-state index in [1.807, 2.05) is 12.1 Å². The maximum absolute atomic E-state index is 9.68. The van der Waals surface area contributed by atoms with Crippen molar-refractivity contribution < 1.29 is 14.6 Å². The summed E-state index contributed by atoms with van der Waals surface area (Å²) in [6.45, 7) is 6.89. The Bertz CT molecular complexity index is 403. The second-order valence-corrected chi connectivity index (χ2v) is 5.04. The van der Waals surface area contributed by atoms with Crippen molar-refractivity contribution in [1.82, 2.24) is 0 Å². The van der Waals surface area contributed by atoms with E-state index < -0.39 is 0 Å². The highest BCUT2D eigenvalue weighted by Crippen LogP contribution is 2.29. The van der Waals surface area contributed by atoms with Gasteiger partial charge < -0.3 is 14.6 Å². The number of hydrogen-bond acceptors (Lipinski definition) is 3. The summed E-state index contributed by atoms with van der Waals surface area (Å²) >= 11 is 0. The predicted octanol–water partition coefficient (Wildman–Crippen LogP) is 2.61. The Morgan fingerprint density at radius 2 is 2.06 bits per heavy atom. The molecule has 18 heavy (non-hydrogen) atoms. The molecule has 1 aromatic carbocycles. The molecule has 0 spiro atoms. The summed E-state index contributed by atoms with van der Waals surface area (Å²) in [6, 6.07) is 6.07. The minimum absolute atomic E-state index is 0.0198. The van der Waals surface area contributed by atoms with Crippen molar-refractivity contribution in [1.29, 1.82) is 0 Å². The number of ether oxygens (including phenoxy) is 2. The van der Waals surface area contributed by atoms with Crippen LogP contribution in [0.5, 0.6) is 5.75 Å². The molecule has 1 aliphatic rings. The second-order valence-electron chi connectivity index (χ2n) is 5.04. The average molecular weight is 250 g/mol. The minimum atomic E-state index is -0.381. The largest absolute Gasteiger partial charge is 0.488 e. The number of benzene rings is 1. The monoisotopic (exact) mass is 250 g/mol. The van der Waals surface area contributed by atoms with Gasteiger partial charge in [-0.05, 0) is 43.5 Å². The van der Waals surface area contributed by atoms with Crippen LogP contribution < -0.4 is 4.74 Å². The molecule has 0 aromatic heterocycles. The van der Waals surface area contributed by atoms with Gasteiger partial charge in [0.2, 0.25) is 0 Å². The molecule has 1 saturated carbocycles. The molecule has 0 amide bonds. The van der Waals surface area contributed by atoms with E-state index in [1.54, 1.807) is 0 Å². The number of aryl methyl sites for hydroxylation is 2. The van der Waals surface area contributed by atoms with E-state index in [4.69, 9.17) is 9.47 Å². The van der Waals surface area contributed by atoms with E-state index in [0.29, 0.717) is 13.0 Å². The third-order valence-electron chi connectivity index (χ3n) is 3.50. The summed E-state index contributed by atoms with van der Waals surface area (Å²) in [7, 11) is 0. The first-order valence-corrected chi connectivity index (χ1v) is 6.65. The van der Waals surface area contributed by atoms with Gasteiger partial charge in [-0.2, -0.15) is 0 Å². The van der Waals surface area contributed by atoms with Crippen molar-refractivity contribution in [2.45, 2.75) is 51.9 Å². The van der Waals surface area contributed by atoms with Gasteiger partial charge in [0.25, 0.3) is 0 Å². The van der Waals surface area contributed by atoms with Gasteiger partial charge in [-0.3, -0.25) is 0 Å². The SMILES string of the molecule is CCCOC1C(O)CC1Oc1ccc(C)c(C)c1. The Balaban J connectivity index is 1.94. The van der Waals surface area contributed by atoms with Crippen LogP contribution in [0.1, 0.15) is 30.9 Å². The van der Waals surface area contributed by atoms with Crippen LogP contribution in [0.3, 0.4) is 0 Å². The van der Waals surface area contributed by atoms with Crippen LogP contribution in [-0.4, -0.2) is 30.0 Å². The highest BCUT2D eigenvalue weighted by Gasteiger charge is 2.42. The smallest absolute Gasteiger partial charge is 0.130 e. The molecule has 1 fully saturated rings. The van der Waals surface area contributed by atoms with Crippen LogP contribution in [0, 0.1) is 13.8 Å². The molecule has 1 aliphatic carbocycles. The minimum Gasteiger partial charge on any atom is -0.488 e. The number of rotatable bonds is 5. The van der Waals surface area contributed by atoms with Crippen LogP contribution in [0.15, 0.2) is 18.2 Å². The van der Waals surface area contributed by atoms with Gasteiger partial charge in [-0.1, -0.05) is 13.0 Å². The van der Waals surface area contributed by atoms with Gasteiger partial charge in [0.15, 0.2) is 0 Å². The van der Waals surface area contributed by atoms with Crippen molar-refractivity contribution >= 4 is 0 Å². The molecule has 2 rings (SSSR count). The first-order chi connectivity index (χ1) is 8.61. The van der Waals surface area contributed by atoms with E-state index in [-0.39, 0.29) is 18.3 Å². The molecule has 0 heterocycles. The van der Waals surface area contributed by atoms with E-state index in [1.165, 1.54) is 11.1 Å². The summed E-state index contributed by atoms with van der Waals surface area (Å²) in [5.41, 5.74) is 2.48. The standard InChI is InChI=1S/C15H22O3/c1-4-7-17-15-13(16)9-14(15)18-12-6-5-10(2)11(3)8-12/h5-6,8,13-16H,4,7,9H2,1-3H3. The summed E-state index contributed by atoms with van der Waals surface area (Å²) in [4.78, 5) is 0. The van der Waals surface area contributed by atoms with Gasteiger partial charge in [-0.25, -0.2) is 0 Å². The Kier molecular flexibility index (Phi) is 4.25. The zero-order valence-corrected chi connectivity index (χ0v) is 11.3. The quantitative estimate of drug-likeness (QED) is 0.873. The normalized spacial score (nSPS) is 26.8. The summed E-state index contributed by atoms with van der Waals surface area (Å²) in [6.07, 6.45) is 1.04. The molecule has 0 saturated heterocycles. The first-order valence-electron chi connectivity index (χ1n) is 6.65. The Morgan fingerprint density at radius 3 is 2.67 bits per heavy atom. The molecule has 0 aliphatic heterocycles. The Hall–Kier alpha value is -1.06. The highest BCUT2D eigenvalue weighted by molar-refractivity contribution is 5.34. The fourth-order valence-corrected chi connectivity index (χ4v) is 2.11. The molecule has 1 aromatic rings. The van der Waals surface area contributed by atoms with Crippen LogP contribution in [0.4, 0.5) is 0 Å². The first kappa shape index (κ1) is 13.4. The maximum Gasteiger partial charge on any atom is 0.130 e. The molecule has 3 nitrogen and oxygen atoms in total. The second kappa shape index (κ2) is 5.72. The molecule has 3 heteroatoms. The highest BCUT2D eigenvalue weighted by atomic mass is 16.6. The molecule has 100 valence electrons. The summed E-state index contributed by atoms with van der Waals surface area (Å²) in [5.74, 6) is 0.861. The lowest BCUT2D eigenvalue weighted by atomic mass is 9.88. The van der Waals surface area contributed by atoms with E-state index in [9.17, 15) is 5.11 Å². The zero-order valence-electron chi connectivity index (χ0n) is 11.3. The van der Waals surface area contributed by atoms with Gasteiger partial charge in [0.1, 0.15) is 18.0 Å². The molecular formula is C15H22O3. The fourth-order valence-electron chi connectivity index (χ4n) is 2.11. The van der Waals surface area contributed by atoms with Crippen LogP contribution >= 0.6 is 0 Å². The average Bonchev–Trinajstić information content (AvgIpc) is 2.33. The number of hydrogen-bond donors (Lipinski definition) is 1.